The zero-order valence-electron chi connectivity index (χ0n) is 8.77. The summed E-state index contributed by atoms with van der Waals surface area (Å²) < 4.78 is 2.06. The van der Waals surface area contributed by atoms with Crippen LogP contribution in [0.1, 0.15) is 30.3 Å². The molecular weight excluding hydrogens is 210 g/mol. The molecule has 2 rings (SSSR count). The van der Waals surface area contributed by atoms with E-state index in [0.717, 1.165) is 6.54 Å². The molecule has 0 aromatic carbocycles. The molecule has 1 atom stereocenters. The maximum Gasteiger partial charge on any atom is 0.352 e. The fourth-order valence-corrected chi connectivity index (χ4v) is 3.37. The van der Waals surface area contributed by atoms with Crippen LogP contribution in [-0.4, -0.2) is 26.1 Å². The van der Waals surface area contributed by atoms with Gasteiger partial charge in [0.25, 0.3) is 0 Å². The number of hydrogen-bond donors (Lipinski definition) is 1. The van der Waals surface area contributed by atoms with E-state index >= 15 is 0 Å². The second kappa shape index (κ2) is 3.93. The van der Waals surface area contributed by atoms with E-state index in [2.05, 4.69) is 6.92 Å². The van der Waals surface area contributed by atoms with Crippen molar-refractivity contribution < 1.29 is 9.90 Å². The van der Waals surface area contributed by atoms with Crippen LogP contribution in [0.15, 0.2) is 18.3 Å². The maximum absolute atomic E-state index is 10.9. The average molecular weight is 225 g/mol. The Kier molecular flexibility index (Phi) is 2.78. The summed E-state index contributed by atoms with van der Waals surface area (Å²) in [5.74, 6) is 0.354. The summed E-state index contributed by atoms with van der Waals surface area (Å²) >= 11 is 1.95. The van der Waals surface area contributed by atoms with Crippen molar-refractivity contribution in [3.8, 4) is 0 Å². The number of rotatable bonds is 3. The lowest BCUT2D eigenvalue weighted by Crippen LogP contribution is -2.25. The Morgan fingerprint density at radius 3 is 3.13 bits per heavy atom. The predicted octanol–water partition coefficient (Wildman–Crippen LogP) is 2.47. The molecule has 82 valence electrons. The average Bonchev–Trinajstić information content (AvgIpc) is 2.75. The van der Waals surface area contributed by atoms with Crippen LogP contribution in [0.2, 0.25) is 0 Å². The van der Waals surface area contributed by atoms with Gasteiger partial charge in [-0.3, -0.25) is 0 Å². The molecule has 1 aliphatic heterocycles. The van der Waals surface area contributed by atoms with Crippen molar-refractivity contribution in [3.63, 3.8) is 0 Å². The molecule has 1 saturated heterocycles. The van der Waals surface area contributed by atoms with E-state index in [1.165, 1.54) is 18.6 Å². The Balaban J connectivity index is 2.16. The zero-order chi connectivity index (χ0) is 10.9. The molecule has 15 heavy (non-hydrogen) atoms. The van der Waals surface area contributed by atoms with Gasteiger partial charge in [0.05, 0.1) is 0 Å². The first-order valence-electron chi connectivity index (χ1n) is 5.13. The lowest BCUT2D eigenvalue weighted by atomic mass is 10.1. The molecule has 1 aromatic rings. The highest BCUT2D eigenvalue weighted by molar-refractivity contribution is 8.00. The van der Waals surface area contributed by atoms with Gasteiger partial charge in [-0.15, -0.1) is 0 Å². The monoisotopic (exact) mass is 225 g/mol. The summed E-state index contributed by atoms with van der Waals surface area (Å²) in [5.41, 5.74) is 0.392. The van der Waals surface area contributed by atoms with Gasteiger partial charge in [0, 0.05) is 17.5 Å². The summed E-state index contributed by atoms with van der Waals surface area (Å²) in [7, 11) is 0. The van der Waals surface area contributed by atoms with Gasteiger partial charge in [0.15, 0.2) is 0 Å². The number of nitrogens with zero attached hydrogens (tertiary/aromatic N) is 1. The van der Waals surface area contributed by atoms with Gasteiger partial charge < -0.3 is 9.67 Å². The Morgan fingerprint density at radius 1 is 1.73 bits per heavy atom. The third-order valence-electron chi connectivity index (χ3n) is 2.85. The van der Waals surface area contributed by atoms with Crippen molar-refractivity contribution in [3.05, 3.63) is 24.0 Å². The van der Waals surface area contributed by atoms with E-state index in [1.54, 1.807) is 12.1 Å². The fraction of sp³-hybridized carbons (Fsp3) is 0.545. The molecular formula is C11H15NO2S. The summed E-state index contributed by atoms with van der Waals surface area (Å²) in [5, 5.41) is 8.98. The minimum atomic E-state index is -0.841. The van der Waals surface area contributed by atoms with Crippen molar-refractivity contribution in [1.29, 1.82) is 0 Å². The Hall–Kier alpha value is -0.900. The quantitative estimate of drug-likeness (QED) is 0.859. The first-order chi connectivity index (χ1) is 7.11. The van der Waals surface area contributed by atoms with Gasteiger partial charge >= 0.3 is 5.97 Å². The minimum Gasteiger partial charge on any atom is -0.477 e. The van der Waals surface area contributed by atoms with Crippen LogP contribution >= 0.6 is 11.8 Å². The van der Waals surface area contributed by atoms with Gasteiger partial charge in [0.1, 0.15) is 5.69 Å². The van der Waals surface area contributed by atoms with Crippen LogP contribution in [0.5, 0.6) is 0 Å². The number of carboxylic acid groups (broad SMARTS) is 1. The molecule has 1 aliphatic rings. The lowest BCUT2D eigenvalue weighted by Gasteiger charge is -2.23. The number of aromatic nitrogens is 1. The number of carbonyl (C=O) groups is 1. The molecule has 1 aromatic heterocycles. The number of thioether (sulfide) groups is 1. The Morgan fingerprint density at radius 2 is 2.53 bits per heavy atom. The van der Waals surface area contributed by atoms with E-state index in [9.17, 15) is 4.79 Å². The smallest absolute Gasteiger partial charge is 0.352 e. The van der Waals surface area contributed by atoms with Crippen molar-refractivity contribution in [2.75, 3.05) is 5.75 Å². The van der Waals surface area contributed by atoms with Gasteiger partial charge in [-0.05, 0) is 37.7 Å². The minimum absolute atomic E-state index is 0.212. The summed E-state index contributed by atoms with van der Waals surface area (Å²) in [6, 6.07) is 3.46. The molecule has 4 heteroatoms. The summed E-state index contributed by atoms with van der Waals surface area (Å²) in [6.45, 7) is 3.02. The highest BCUT2D eigenvalue weighted by atomic mass is 32.2. The van der Waals surface area contributed by atoms with Crippen LogP contribution in [0.3, 0.4) is 0 Å². The van der Waals surface area contributed by atoms with Crippen LogP contribution in [0.25, 0.3) is 0 Å². The molecule has 0 bridgehead atoms. The SMILES string of the molecule is CC1(Cn2cccc2C(=O)O)CCCS1. The van der Waals surface area contributed by atoms with E-state index in [0.29, 0.717) is 5.69 Å². The highest BCUT2D eigenvalue weighted by Gasteiger charge is 2.30. The van der Waals surface area contributed by atoms with Gasteiger partial charge in [-0.1, -0.05) is 0 Å². The van der Waals surface area contributed by atoms with E-state index in [4.69, 9.17) is 5.11 Å². The Labute approximate surface area is 93.5 Å². The molecule has 2 heterocycles. The largest absolute Gasteiger partial charge is 0.477 e. The number of hydrogen-bond acceptors (Lipinski definition) is 2. The fourth-order valence-electron chi connectivity index (χ4n) is 2.07. The maximum atomic E-state index is 10.9. The molecule has 3 nitrogen and oxygen atoms in total. The topological polar surface area (TPSA) is 42.2 Å². The molecule has 0 radical (unpaired) electrons. The third kappa shape index (κ3) is 2.20. The molecule has 0 spiro atoms. The Bertz CT molecular complexity index is 366. The first-order valence-corrected chi connectivity index (χ1v) is 6.12. The van der Waals surface area contributed by atoms with E-state index in [-0.39, 0.29) is 4.75 Å². The third-order valence-corrected chi connectivity index (χ3v) is 4.38. The first kappa shape index (κ1) is 10.6. The van der Waals surface area contributed by atoms with Gasteiger partial charge in [-0.2, -0.15) is 11.8 Å². The van der Waals surface area contributed by atoms with Crippen LogP contribution in [0.4, 0.5) is 0 Å². The highest BCUT2D eigenvalue weighted by Crippen LogP contribution is 2.39. The molecule has 1 fully saturated rings. The second-order valence-corrected chi connectivity index (χ2v) is 5.91. The second-order valence-electron chi connectivity index (χ2n) is 4.23. The summed E-state index contributed by atoms with van der Waals surface area (Å²) in [4.78, 5) is 10.9. The van der Waals surface area contributed by atoms with Crippen molar-refractivity contribution >= 4 is 17.7 Å². The number of aromatic carboxylic acids is 1. The van der Waals surface area contributed by atoms with Crippen LogP contribution in [0, 0.1) is 0 Å². The zero-order valence-corrected chi connectivity index (χ0v) is 9.59. The van der Waals surface area contributed by atoms with Crippen molar-refractivity contribution in [1.82, 2.24) is 4.57 Å². The molecule has 0 aliphatic carbocycles. The predicted molar refractivity (Wildman–Crippen MR) is 61.5 cm³/mol. The van der Waals surface area contributed by atoms with Crippen molar-refractivity contribution in [2.45, 2.75) is 31.1 Å². The normalized spacial score (nSPS) is 25.7. The number of carboxylic acids is 1. The van der Waals surface area contributed by atoms with Crippen molar-refractivity contribution in [2.24, 2.45) is 0 Å². The molecule has 1 N–H and O–H groups in total. The lowest BCUT2D eigenvalue weighted by molar-refractivity contribution is 0.0684. The summed E-state index contributed by atoms with van der Waals surface area (Å²) in [6.07, 6.45) is 4.27. The molecule has 0 amide bonds. The van der Waals surface area contributed by atoms with Crippen LogP contribution in [-0.2, 0) is 6.54 Å². The van der Waals surface area contributed by atoms with E-state index in [1.807, 2.05) is 22.5 Å². The van der Waals surface area contributed by atoms with E-state index < -0.39 is 5.97 Å². The molecule has 0 saturated carbocycles. The van der Waals surface area contributed by atoms with Gasteiger partial charge in [-0.25, -0.2) is 4.79 Å². The van der Waals surface area contributed by atoms with Crippen LogP contribution < -0.4 is 0 Å². The van der Waals surface area contributed by atoms with Gasteiger partial charge in [0.2, 0.25) is 0 Å². The standard InChI is InChI=1S/C11H15NO2S/c1-11(5-3-7-15-11)8-12-6-2-4-9(12)10(13)14/h2,4,6H,3,5,7-8H2,1H3,(H,13,14). The molecule has 1 unspecified atom stereocenters.